The number of piperidine rings is 1. The van der Waals surface area contributed by atoms with E-state index in [0.29, 0.717) is 16.5 Å². The molecule has 0 bridgehead atoms. The minimum absolute atomic E-state index is 0.00255. The van der Waals surface area contributed by atoms with Crippen LogP contribution in [-0.2, 0) is 4.79 Å². The van der Waals surface area contributed by atoms with Crippen LogP contribution in [0.15, 0.2) is 57.7 Å². The van der Waals surface area contributed by atoms with E-state index in [9.17, 15) is 34.7 Å². The number of nitrogens with two attached hydrogens (primary N) is 1. The Morgan fingerprint density at radius 2 is 1.78 bits per heavy atom. The van der Waals surface area contributed by atoms with E-state index in [2.05, 4.69) is 0 Å². The fraction of sp³-hybridized carbons (Fsp3) is 0.192. The summed E-state index contributed by atoms with van der Waals surface area (Å²) in [6.07, 6.45) is 0.518. The number of hydrogen-bond donors (Lipinski definition) is 3. The van der Waals surface area contributed by atoms with Gasteiger partial charge < -0.3 is 25.3 Å². The normalized spacial score (nSPS) is 14.2. The summed E-state index contributed by atoms with van der Waals surface area (Å²) in [5, 5.41) is 31.5. The number of nitrogens with zero attached hydrogens (tertiary/aromatic N) is 2. The molecule has 11 heteroatoms. The Hall–Kier alpha value is -4.93. The van der Waals surface area contributed by atoms with E-state index in [1.807, 2.05) is 0 Å². The van der Waals surface area contributed by atoms with Crippen molar-refractivity contribution >= 4 is 34.2 Å². The molecule has 0 aromatic heterocycles. The van der Waals surface area contributed by atoms with E-state index in [4.69, 9.17) is 10.2 Å². The highest BCUT2D eigenvalue weighted by Gasteiger charge is 2.31. The van der Waals surface area contributed by atoms with Gasteiger partial charge in [0, 0.05) is 47.8 Å². The van der Waals surface area contributed by atoms with Crippen LogP contribution in [0.25, 0.3) is 33.4 Å². The summed E-state index contributed by atoms with van der Waals surface area (Å²) in [5.74, 6) is -1.90. The summed E-state index contributed by atoms with van der Waals surface area (Å²) < 4.78 is 5.86. The number of nitro benzene ring substituents is 1. The lowest BCUT2D eigenvalue weighted by Crippen LogP contribution is -2.40. The van der Waals surface area contributed by atoms with Crippen molar-refractivity contribution in [3.8, 4) is 28.2 Å². The Bertz CT molecular complexity index is 1620. The second-order valence-corrected chi connectivity index (χ2v) is 8.93. The number of aliphatic carboxylic acids is 1. The van der Waals surface area contributed by atoms with Crippen LogP contribution in [0.3, 0.4) is 0 Å². The van der Waals surface area contributed by atoms with Gasteiger partial charge in [-0.15, -0.1) is 0 Å². The lowest BCUT2D eigenvalue weighted by molar-refractivity contribution is -0.383. The fourth-order valence-corrected chi connectivity index (χ4v) is 4.80. The second-order valence-electron chi connectivity index (χ2n) is 8.93. The fourth-order valence-electron chi connectivity index (χ4n) is 4.80. The molecule has 1 aliphatic carbocycles. The predicted molar refractivity (Wildman–Crippen MR) is 134 cm³/mol. The number of aromatic hydroxyl groups is 1. The highest BCUT2D eigenvalue weighted by atomic mass is 16.6. The number of nitro groups is 1. The Morgan fingerprint density at radius 3 is 2.46 bits per heavy atom. The molecule has 2 aromatic carbocycles. The van der Waals surface area contributed by atoms with Gasteiger partial charge in [0.05, 0.1) is 16.4 Å². The first kappa shape index (κ1) is 23.8. The summed E-state index contributed by atoms with van der Waals surface area (Å²) in [4.78, 5) is 49.6. The Morgan fingerprint density at radius 1 is 1.05 bits per heavy atom. The number of phenols is 1. The largest absolute Gasteiger partial charge is 0.508 e. The number of phenolic OH excluding ortho intramolecular Hbond substituents is 1. The average Bonchev–Trinajstić information content (AvgIpc) is 2.86. The lowest BCUT2D eigenvalue weighted by atomic mass is 9.89. The zero-order chi connectivity index (χ0) is 26.4. The van der Waals surface area contributed by atoms with E-state index in [-0.39, 0.29) is 65.3 Å². The molecule has 2 aliphatic heterocycles. The minimum atomic E-state index is -0.928. The number of benzene rings is 3. The number of carboxylic acid groups (broad SMARTS) is 1. The first-order valence-electron chi connectivity index (χ1n) is 11.4. The number of carbonyl (C=O) groups excluding carboxylic acids is 1. The van der Waals surface area contributed by atoms with Crippen molar-refractivity contribution in [1.29, 1.82) is 0 Å². The number of nitrogen functional groups attached to an aromatic ring is 1. The van der Waals surface area contributed by atoms with Gasteiger partial charge in [0.15, 0.2) is 5.43 Å². The zero-order valence-corrected chi connectivity index (χ0v) is 19.3. The van der Waals surface area contributed by atoms with Gasteiger partial charge in [-0.25, -0.2) is 0 Å². The number of rotatable bonds is 4. The highest BCUT2D eigenvalue weighted by molar-refractivity contribution is 6.10. The molecule has 1 saturated heterocycles. The number of carboxylic acids is 1. The van der Waals surface area contributed by atoms with Crippen LogP contribution in [0.4, 0.5) is 11.4 Å². The van der Waals surface area contributed by atoms with E-state index in [1.165, 1.54) is 41.3 Å². The van der Waals surface area contributed by atoms with Crippen molar-refractivity contribution in [1.82, 2.24) is 4.90 Å². The van der Waals surface area contributed by atoms with Gasteiger partial charge in [0.1, 0.15) is 22.8 Å². The topological polar surface area (TPSA) is 177 Å². The molecular formula is C26H21N3O8. The lowest BCUT2D eigenvalue weighted by Gasteiger charge is -2.31. The molecule has 2 heterocycles. The molecule has 3 aliphatic rings. The van der Waals surface area contributed by atoms with E-state index in [1.54, 1.807) is 6.07 Å². The third kappa shape index (κ3) is 4.20. The van der Waals surface area contributed by atoms with Crippen LogP contribution >= 0.6 is 0 Å². The van der Waals surface area contributed by atoms with Gasteiger partial charge in [-0.3, -0.25) is 24.5 Å². The number of fused-ring (bicyclic) bond motifs is 2. The van der Waals surface area contributed by atoms with Crippen molar-refractivity contribution in [3.05, 3.63) is 74.4 Å². The van der Waals surface area contributed by atoms with Crippen molar-refractivity contribution in [2.75, 3.05) is 18.8 Å². The van der Waals surface area contributed by atoms with Crippen molar-refractivity contribution < 1.29 is 29.1 Å². The number of likely N-dealkylation sites (tertiary alicyclic amines) is 1. The van der Waals surface area contributed by atoms with Crippen LogP contribution in [0.2, 0.25) is 0 Å². The maximum atomic E-state index is 13.7. The average molecular weight is 503 g/mol. The molecule has 5 rings (SSSR count). The molecule has 1 amide bonds. The second kappa shape index (κ2) is 8.94. The molecule has 0 saturated carbocycles. The van der Waals surface area contributed by atoms with Crippen LogP contribution in [0.5, 0.6) is 5.75 Å². The highest BCUT2D eigenvalue weighted by Crippen LogP contribution is 2.44. The Labute approximate surface area is 208 Å². The van der Waals surface area contributed by atoms with Gasteiger partial charge >= 0.3 is 5.97 Å². The molecule has 0 unspecified atom stereocenters. The van der Waals surface area contributed by atoms with Gasteiger partial charge in [-0.05, 0) is 48.7 Å². The van der Waals surface area contributed by atoms with Crippen molar-refractivity contribution in [3.63, 3.8) is 0 Å². The molecular weight excluding hydrogens is 482 g/mol. The first-order chi connectivity index (χ1) is 17.6. The van der Waals surface area contributed by atoms with E-state index < -0.39 is 28.4 Å². The third-order valence-corrected chi connectivity index (χ3v) is 6.67. The first-order valence-corrected chi connectivity index (χ1v) is 11.4. The van der Waals surface area contributed by atoms with Crippen molar-refractivity contribution in [2.24, 2.45) is 5.92 Å². The molecule has 37 heavy (non-hydrogen) atoms. The summed E-state index contributed by atoms with van der Waals surface area (Å²) >= 11 is 0. The zero-order valence-electron chi connectivity index (χ0n) is 19.3. The standard InChI is InChI=1S/C26H21N3O8/c27-20-11-18(19(12-21(20)29(35)36)25(32)28-7-5-13(6-8-28)26(33)34)24-16-3-1-14(30)9-22(16)37-23-10-15(31)2-4-17(23)24/h1-4,9-13,30H,5-8,27H2,(H,33,34). The maximum absolute atomic E-state index is 13.7. The molecule has 0 radical (unpaired) electrons. The van der Waals surface area contributed by atoms with Gasteiger partial charge in [-0.2, -0.15) is 0 Å². The van der Waals surface area contributed by atoms with Crippen LogP contribution in [0, 0.1) is 16.0 Å². The molecule has 0 atom stereocenters. The van der Waals surface area contributed by atoms with Gasteiger partial charge in [0.25, 0.3) is 11.6 Å². The maximum Gasteiger partial charge on any atom is 0.306 e. The molecule has 1 fully saturated rings. The minimum Gasteiger partial charge on any atom is -0.508 e. The monoisotopic (exact) mass is 503 g/mol. The predicted octanol–water partition coefficient (Wildman–Crippen LogP) is 3.70. The van der Waals surface area contributed by atoms with Crippen LogP contribution in [-0.4, -0.2) is 45.0 Å². The van der Waals surface area contributed by atoms with E-state index >= 15 is 0 Å². The summed E-state index contributed by atoms with van der Waals surface area (Å²) in [6, 6.07) is 11.0. The SMILES string of the molecule is Nc1cc(-c2c3ccc(=O)cc-3oc3cc(O)ccc23)c(C(=O)N2CCC(C(=O)O)CC2)cc1[N+](=O)[O-]. The number of amides is 1. The quantitative estimate of drug-likeness (QED) is 0.162. The van der Waals surface area contributed by atoms with E-state index in [0.717, 1.165) is 6.07 Å². The summed E-state index contributed by atoms with van der Waals surface area (Å²) in [5.41, 5.74) is 6.54. The number of hydrogen-bond acceptors (Lipinski definition) is 8. The van der Waals surface area contributed by atoms with Crippen LogP contribution < -0.4 is 11.2 Å². The molecule has 188 valence electrons. The smallest absolute Gasteiger partial charge is 0.306 e. The van der Waals surface area contributed by atoms with Crippen LogP contribution in [0.1, 0.15) is 23.2 Å². The molecule has 4 N–H and O–H groups in total. The molecule has 0 spiro atoms. The number of carbonyl (C=O) groups is 2. The Balaban J connectivity index is 1.77. The third-order valence-electron chi connectivity index (χ3n) is 6.67. The Kier molecular flexibility index (Phi) is 5.75. The number of anilines is 1. The summed E-state index contributed by atoms with van der Waals surface area (Å²) in [6.45, 7) is 0.346. The molecule has 2 aromatic rings. The van der Waals surface area contributed by atoms with Gasteiger partial charge in [0.2, 0.25) is 0 Å². The van der Waals surface area contributed by atoms with Gasteiger partial charge in [-0.1, -0.05) is 0 Å². The molecule has 11 nitrogen and oxygen atoms in total. The van der Waals surface area contributed by atoms with Crippen molar-refractivity contribution in [2.45, 2.75) is 12.8 Å². The summed E-state index contributed by atoms with van der Waals surface area (Å²) in [7, 11) is 0.